The molecular formula is C52H37N5. The van der Waals surface area contributed by atoms with Crippen molar-refractivity contribution in [3.63, 3.8) is 0 Å². The number of aryl methyl sites for hydroxylation is 1. The third-order valence-electron chi connectivity index (χ3n) is 10.7. The number of para-hydroxylation sites is 2. The summed E-state index contributed by atoms with van der Waals surface area (Å²) in [4.78, 5) is 20.0. The van der Waals surface area contributed by atoms with E-state index in [1.807, 2.05) is 42.5 Å². The van der Waals surface area contributed by atoms with E-state index >= 15 is 0 Å². The summed E-state index contributed by atoms with van der Waals surface area (Å²) in [5, 5.41) is 2.38. The Morgan fingerprint density at radius 1 is 0.368 bits per heavy atom. The van der Waals surface area contributed by atoms with Gasteiger partial charge in [0.2, 0.25) is 0 Å². The van der Waals surface area contributed by atoms with Crippen LogP contribution >= 0.6 is 0 Å². The molecule has 0 N–H and O–H groups in total. The maximum atomic E-state index is 5.08. The molecule has 0 saturated heterocycles. The summed E-state index contributed by atoms with van der Waals surface area (Å²) in [5.74, 6) is 2.96. The van der Waals surface area contributed by atoms with E-state index in [9.17, 15) is 0 Å². The minimum Gasteiger partial charge on any atom is -0.296 e. The summed E-state index contributed by atoms with van der Waals surface area (Å²) in [6.45, 7) is 2.16. The lowest BCUT2D eigenvalue weighted by molar-refractivity contribution is 0.908. The number of rotatable bonds is 8. The molecule has 0 aliphatic heterocycles. The molecule has 0 unspecified atom stereocenters. The van der Waals surface area contributed by atoms with Crippen LogP contribution in [0.5, 0.6) is 0 Å². The highest BCUT2D eigenvalue weighted by Gasteiger charge is 2.16. The lowest BCUT2D eigenvalue weighted by Gasteiger charge is -2.14. The lowest BCUT2D eigenvalue weighted by atomic mass is 9.92. The van der Waals surface area contributed by atoms with Gasteiger partial charge in [0.15, 0.2) is 17.5 Å². The molecule has 8 aromatic carbocycles. The molecular weight excluding hydrogens is 695 g/mol. The molecule has 0 radical (unpaired) electrons. The molecule has 5 nitrogen and oxygen atoms in total. The van der Waals surface area contributed by atoms with Crippen LogP contribution in [0.15, 0.2) is 194 Å². The number of fused-ring (bicyclic) bond motifs is 2. The molecule has 2 aromatic heterocycles. The van der Waals surface area contributed by atoms with Crippen LogP contribution in [-0.2, 0) is 6.42 Å². The number of imidazole rings is 1. The second-order valence-corrected chi connectivity index (χ2v) is 14.2. The van der Waals surface area contributed by atoms with Crippen molar-refractivity contribution in [2.45, 2.75) is 13.3 Å². The molecule has 0 saturated carbocycles. The first kappa shape index (κ1) is 34.0. The minimum absolute atomic E-state index is 0.630. The van der Waals surface area contributed by atoms with Gasteiger partial charge in [0.1, 0.15) is 5.82 Å². The maximum Gasteiger partial charge on any atom is 0.164 e. The van der Waals surface area contributed by atoms with Crippen LogP contribution in [-0.4, -0.2) is 24.5 Å². The number of benzene rings is 8. The van der Waals surface area contributed by atoms with E-state index in [1.54, 1.807) is 0 Å². The molecule has 10 rings (SSSR count). The summed E-state index contributed by atoms with van der Waals surface area (Å²) in [6, 6.07) is 67.9. The van der Waals surface area contributed by atoms with E-state index in [2.05, 4.69) is 163 Å². The quantitative estimate of drug-likeness (QED) is 0.156. The van der Waals surface area contributed by atoms with Crippen molar-refractivity contribution < 1.29 is 0 Å². The number of nitrogens with zero attached hydrogens (tertiary/aromatic N) is 5. The molecule has 0 spiro atoms. The fraction of sp³-hybridized carbons (Fsp3) is 0.0385. The smallest absolute Gasteiger partial charge is 0.164 e. The first-order chi connectivity index (χ1) is 28.2. The van der Waals surface area contributed by atoms with Crippen LogP contribution in [0.1, 0.15) is 12.7 Å². The Hall–Kier alpha value is -7.50. The second-order valence-electron chi connectivity index (χ2n) is 14.2. The third-order valence-corrected chi connectivity index (χ3v) is 10.7. The summed E-state index contributed by atoms with van der Waals surface area (Å²) >= 11 is 0. The number of hydrogen-bond donors (Lipinski definition) is 0. The highest BCUT2D eigenvalue weighted by atomic mass is 15.1. The molecule has 5 heteroatoms. The first-order valence-corrected chi connectivity index (χ1v) is 19.4. The van der Waals surface area contributed by atoms with Gasteiger partial charge in [-0.25, -0.2) is 19.9 Å². The van der Waals surface area contributed by atoms with E-state index in [0.29, 0.717) is 17.5 Å². The van der Waals surface area contributed by atoms with Gasteiger partial charge >= 0.3 is 0 Å². The van der Waals surface area contributed by atoms with Crippen LogP contribution in [0.2, 0.25) is 0 Å². The molecule has 2 heterocycles. The Morgan fingerprint density at radius 2 is 0.842 bits per heavy atom. The van der Waals surface area contributed by atoms with E-state index in [-0.39, 0.29) is 0 Å². The SMILES string of the molecule is CCc1nc2ccccc2n1-c1ccc(-c2cccc3c(-c4cccc(-c5nc(-c6ccccc6)nc(-c6ccc(-c7ccccc7)cc6)n5)c4)cccc23)cc1. The van der Waals surface area contributed by atoms with Gasteiger partial charge in [0.25, 0.3) is 0 Å². The standard InChI is InChI=1S/C52H37N5/c1-2-49-53-47-24-9-10-25-48(47)57(49)42-32-30-37(31-33-42)43-20-12-23-46-44(21-13-22-45(43)46)40-18-11-19-41(34-40)52-55-50(38-16-7-4-8-17-38)54-51(56-52)39-28-26-36(27-29-39)35-14-5-3-6-15-35/h3-34H,2H2,1H3. The monoisotopic (exact) mass is 731 g/mol. The second kappa shape index (κ2) is 14.6. The van der Waals surface area contributed by atoms with Gasteiger partial charge < -0.3 is 0 Å². The van der Waals surface area contributed by atoms with Crippen molar-refractivity contribution in [2.75, 3.05) is 0 Å². The Morgan fingerprint density at radius 3 is 1.51 bits per heavy atom. The van der Waals surface area contributed by atoms with Gasteiger partial charge in [0, 0.05) is 28.8 Å². The molecule has 57 heavy (non-hydrogen) atoms. The van der Waals surface area contributed by atoms with E-state index in [0.717, 1.165) is 62.3 Å². The average Bonchev–Trinajstić information content (AvgIpc) is 3.68. The fourth-order valence-corrected chi connectivity index (χ4v) is 7.82. The van der Waals surface area contributed by atoms with Crippen LogP contribution in [0, 0.1) is 0 Å². The van der Waals surface area contributed by atoms with E-state index in [4.69, 9.17) is 19.9 Å². The maximum absolute atomic E-state index is 5.08. The van der Waals surface area contributed by atoms with Crippen molar-refractivity contribution in [2.24, 2.45) is 0 Å². The molecule has 0 fully saturated rings. The average molecular weight is 732 g/mol. The number of hydrogen-bond acceptors (Lipinski definition) is 4. The Kier molecular flexibility index (Phi) is 8.73. The van der Waals surface area contributed by atoms with Gasteiger partial charge in [-0.2, -0.15) is 0 Å². The Bertz CT molecular complexity index is 3020. The van der Waals surface area contributed by atoms with Crippen LogP contribution in [0.25, 0.3) is 95.0 Å². The highest BCUT2D eigenvalue weighted by molar-refractivity contribution is 6.04. The number of aromatic nitrogens is 5. The summed E-state index contributed by atoms with van der Waals surface area (Å²) in [7, 11) is 0. The molecule has 0 amide bonds. The third kappa shape index (κ3) is 6.45. The zero-order chi connectivity index (χ0) is 38.1. The molecule has 0 aliphatic rings. The molecule has 0 atom stereocenters. The van der Waals surface area contributed by atoms with Gasteiger partial charge in [-0.15, -0.1) is 0 Å². The Balaban J connectivity index is 1.02. The first-order valence-electron chi connectivity index (χ1n) is 19.4. The lowest BCUT2D eigenvalue weighted by Crippen LogP contribution is -2.00. The summed E-state index contributed by atoms with van der Waals surface area (Å²) in [5.41, 5.74) is 13.0. The molecule has 10 aromatic rings. The Labute approximate surface area is 331 Å². The molecule has 0 aliphatic carbocycles. The zero-order valence-electron chi connectivity index (χ0n) is 31.4. The summed E-state index contributed by atoms with van der Waals surface area (Å²) < 4.78 is 2.27. The van der Waals surface area contributed by atoms with Gasteiger partial charge in [-0.3, -0.25) is 4.57 Å². The minimum atomic E-state index is 0.630. The van der Waals surface area contributed by atoms with Crippen molar-refractivity contribution in [3.05, 3.63) is 200 Å². The van der Waals surface area contributed by atoms with Gasteiger partial charge in [0.05, 0.1) is 11.0 Å². The zero-order valence-corrected chi connectivity index (χ0v) is 31.4. The van der Waals surface area contributed by atoms with Crippen LogP contribution in [0.3, 0.4) is 0 Å². The van der Waals surface area contributed by atoms with Crippen molar-refractivity contribution >= 4 is 21.8 Å². The van der Waals surface area contributed by atoms with Crippen molar-refractivity contribution in [1.29, 1.82) is 0 Å². The summed E-state index contributed by atoms with van der Waals surface area (Å²) in [6.07, 6.45) is 0.856. The van der Waals surface area contributed by atoms with Crippen molar-refractivity contribution in [1.82, 2.24) is 24.5 Å². The van der Waals surface area contributed by atoms with Crippen LogP contribution < -0.4 is 0 Å². The predicted octanol–water partition coefficient (Wildman–Crippen LogP) is 12.9. The molecule has 270 valence electrons. The van der Waals surface area contributed by atoms with E-state index in [1.165, 1.54) is 27.5 Å². The van der Waals surface area contributed by atoms with Gasteiger partial charge in [-0.05, 0) is 74.5 Å². The normalized spacial score (nSPS) is 11.3. The predicted molar refractivity (Wildman–Crippen MR) is 234 cm³/mol. The molecule has 0 bridgehead atoms. The highest BCUT2D eigenvalue weighted by Crippen LogP contribution is 2.37. The largest absolute Gasteiger partial charge is 0.296 e. The topological polar surface area (TPSA) is 56.5 Å². The van der Waals surface area contributed by atoms with E-state index < -0.39 is 0 Å². The van der Waals surface area contributed by atoms with Gasteiger partial charge in [-0.1, -0.05) is 171 Å². The van der Waals surface area contributed by atoms with Crippen LogP contribution in [0.4, 0.5) is 0 Å². The van der Waals surface area contributed by atoms with Crippen molar-refractivity contribution in [3.8, 4) is 73.2 Å². The fourth-order valence-electron chi connectivity index (χ4n) is 7.82.